The van der Waals surface area contributed by atoms with Gasteiger partial charge in [0, 0.05) is 16.9 Å². The van der Waals surface area contributed by atoms with E-state index >= 15 is 0 Å². The van der Waals surface area contributed by atoms with Gasteiger partial charge >= 0.3 is 0 Å². The summed E-state index contributed by atoms with van der Waals surface area (Å²) in [7, 11) is 0. The van der Waals surface area contributed by atoms with E-state index in [1.54, 1.807) is 41.4 Å². The van der Waals surface area contributed by atoms with Crippen LogP contribution in [0.25, 0.3) is 5.52 Å². The predicted molar refractivity (Wildman–Crippen MR) is 75.1 cm³/mol. The molecule has 1 amide bonds. The Bertz CT molecular complexity index is 739. The highest BCUT2D eigenvalue weighted by Gasteiger charge is 2.13. The molecule has 0 radical (unpaired) electrons. The van der Waals surface area contributed by atoms with Gasteiger partial charge in [-0.1, -0.05) is 15.9 Å². The van der Waals surface area contributed by atoms with Crippen molar-refractivity contribution < 1.29 is 4.79 Å². The molecule has 6 heteroatoms. The Kier molecular flexibility index (Phi) is 3.00. The highest BCUT2D eigenvalue weighted by molar-refractivity contribution is 9.10. The van der Waals surface area contributed by atoms with Crippen LogP contribution < -0.4 is 5.32 Å². The van der Waals surface area contributed by atoms with Gasteiger partial charge in [0.25, 0.3) is 5.91 Å². The smallest absolute Gasteiger partial charge is 0.259 e. The van der Waals surface area contributed by atoms with Crippen LogP contribution in [0.4, 0.5) is 5.69 Å². The highest BCUT2D eigenvalue weighted by atomic mass is 79.9. The van der Waals surface area contributed by atoms with E-state index in [0.29, 0.717) is 11.3 Å². The molecule has 5 nitrogen and oxygen atoms in total. The average molecular weight is 317 g/mol. The number of carbonyl (C=O) groups excluding carboxylic acids is 1. The van der Waals surface area contributed by atoms with Crippen molar-refractivity contribution in [3.8, 4) is 0 Å². The lowest BCUT2D eigenvalue weighted by Crippen LogP contribution is -2.11. The SMILES string of the molecule is O=C(Nc1cccnc1)c1cnn2ccc(Br)cc12. The summed E-state index contributed by atoms with van der Waals surface area (Å²) in [5.74, 6) is -0.207. The van der Waals surface area contributed by atoms with Crippen molar-refractivity contribution >= 4 is 33.0 Å². The van der Waals surface area contributed by atoms with Crippen LogP contribution >= 0.6 is 15.9 Å². The van der Waals surface area contributed by atoms with Gasteiger partial charge in [-0.2, -0.15) is 5.10 Å². The third-order valence-electron chi connectivity index (χ3n) is 2.65. The summed E-state index contributed by atoms with van der Waals surface area (Å²) in [4.78, 5) is 16.1. The molecule has 0 fully saturated rings. The summed E-state index contributed by atoms with van der Waals surface area (Å²) in [5, 5.41) is 6.93. The number of rotatable bonds is 2. The van der Waals surface area contributed by atoms with Crippen molar-refractivity contribution in [2.75, 3.05) is 5.32 Å². The van der Waals surface area contributed by atoms with Crippen molar-refractivity contribution in [1.82, 2.24) is 14.6 Å². The van der Waals surface area contributed by atoms with Gasteiger partial charge in [-0.05, 0) is 24.3 Å². The molecule has 0 bridgehead atoms. The number of aromatic nitrogens is 3. The summed E-state index contributed by atoms with van der Waals surface area (Å²) >= 11 is 3.38. The third-order valence-corrected chi connectivity index (χ3v) is 3.14. The van der Waals surface area contributed by atoms with E-state index in [4.69, 9.17) is 0 Å². The van der Waals surface area contributed by atoms with Crippen molar-refractivity contribution in [3.05, 3.63) is 59.1 Å². The van der Waals surface area contributed by atoms with E-state index in [9.17, 15) is 4.79 Å². The second kappa shape index (κ2) is 4.81. The van der Waals surface area contributed by atoms with Crippen molar-refractivity contribution in [2.24, 2.45) is 0 Å². The standard InChI is InChI=1S/C13H9BrN4O/c14-9-3-5-18-12(6-9)11(8-16-18)13(19)17-10-2-1-4-15-7-10/h1-8H,(H,17,19). The Hall–Kier alpha value is -2.21. The molecular formula is C13H9BrN4O. The lowest BCUT2D eigenvalue weighted by Gasteiger charge is -2.03. The van der Waals surface area contributed by atoms with Gasteiger partial charge in [0.15, 0.2) is 0 Å². The highest BCUT2D eigenvalue weighted by Crippen LogP contribution is 2.17. The van der Waals surface area contributed by atoms with Crippen LogP contribution in [0.3, 0.4) is 0 Å². The van der Waals surface area contributed by atoms with Crippen LogP contribution in [-0.2, 0) is 0 Å². The zero-order valence-corrected chi connectivity index (χ0v) is 11.3. The number of nitrogens with zero attached hydrogens (tertiary/aromatic N) is 3. The Morgan fingerprint density at radius 1 is 1.32 bits per heavy atom. The van der Waals surface area contributed by atoms with Crippen LogP contribution in [0.15, 0.2) is 53.5 Å². The quantitative estimate of drug-likeness (QED) is 0.790. The number of hydrogen-bond acceptors (Lipinski definition) is 3. The zero-order valence-electron chi connectivity index (χ0n) is 9.75. The van der Waals surface area contributed by atoms with E-state index in [2.05, 4.69) is 31.3 Å². The molecule has 0 aliphatic carbocycles. The van der Waals surface area contributed by atoms with Gasteiger partial charge in [0.1, 0.15) is 0 Å². The first kappa shape index (κ1) is 11.9. The second-order valence-electron chi connectivity index (χ2n) is 3.93. The van der Waals surface area contributed by atoms with Crippen LogP contribution in [0.1, 0.15) is 10.4 Å². The molecule has 0 atom stereocenters. The summed E-state index contributed by atoms with van der Waals surface area (Å²) in [5.41, 5.74) is 1.92. The van der Waals surface area contributed by atoms with Gasteiger partial charge in [0.05, 0.1) is 29.2 Å². The van der Waals surface area contributed by atoms with Crippen molar-refractivity contribution in [1.29, 1.82) is 0 Å². The fraction of sp³-hybridized carbons (Fsp3) is 0. The number of pyridine rings is 2. The van der Waals surface area contributed by atoms with E-state index in [0.717, 1.165) is 9.99 Å². The number of fused-ring (bicyclic) bond motifs is 1. The fourth-order valence-electron chi connectivity index (χ4n) is 1.76. The first-order valence-corrected chi connectivity index (χ1v) is 6.37. The molecule has 3 rings (SSSR count). The minimum Gasteiger partial charge on any atom is -0.320 e. The molecule has 0 saturated carbocycles. The first-order chi connectivity index (χ1) is 9.24. The van der Waals surface area contributed by atoms with Crippen LogP contribution in [-0.4, -0.2) is 20.5 Å². The number of halogens is 1. The number of amides is 1. The van der Waals surface area contributed by atoms with Gasteiger partial charge in [-0.15, -0.1) is 0 Å². The largest absolute Gasteiger partial charge is 0.320 e. The Balaban J connectivity index is 1.96. The molecule has 94 valence electrons. The van der Waals surface area contributed by atoms with Gasteiger partial charge in [-0.25, -0.2) is 4.52 Å². The normalized spacial score (nSPS) is 10.6. The molecule has 0 spiro atoms. The zero-order chi connectivity index (χ0) is 13.2. The fourth-order valence-corrected chi connectivity index (χ4v) is 2.10. The monoisotopic (exact) mass is 316 g/mol. The maximum Gasteiger partial charge on any atom is 0.259 e. The first-order valence-electron chi connectivity index (χ1n) is 5.58. The molecule has 0 aliphatic rings. The van der Waals surface area contributed by atoms with Crippen molar-refractivity contribution in [3.63, 3.8) is 0 Å². The van der Waals surface area contributed by atoms with Crippen LogP contribution in [0, 0.1) is 0 Å². The Labute approximate surface area is 117 Å². The maximum absolute atomic E-state index is 12.2. The lowest BCUT2D eigenvalue weighted by atomic mass is 10.2. The average Bonchev–Trinajstić information content (AvgIpc) is 2.82. The summed E-state index contributed by atoms with van der Waals surface area (Å²) in [6, 6.07) is 7.27. The molecule has 0 aliphatic heterocycles. The minimum absolute atomic E-state index is 0.207. The molecule has 0 aromatic carbocycles. The van der Waals surface area contributed by atoms with E-state index in [-0.39, 0.29) is 5.91 Å². The lowest BCUT2D eigenvalue weighted by molar-refractivity contribution is 0.102. The maximum atomic E-state index is 12.2. The van der Waals surface area contributed by atoms with E-state index in [1.807, 2.05) is 12.1 Å². The van der Waals surface area contributed by atoms with Gasteiger partial charge in [0.2, 0.25) is 0 Å². The van der Waals surface area contributed by atoms with Gasteiger partial charge < -0.3 is 5.32 Å². The number of anilines is 1. The molecule has 3 aromatic heterocycles. The molecule has 0 saturated heterocycles. The van der Waals surface area contributed by atoms with Gasteiger partial charge in [-0.3, -0.25) is 9.78 Å². The van der Waals surface area contributed by atoms with E-state index < -0.39 is 0 Å². The molecule has 3 aromatic rings. The van der Waals surface area contributed by atoms with Crippen LogP contribution in [0.2, 0.25) is 0 Å². The topological polar surface area (TPSA) is 59.3 Å². The minimum atomic E-state index is -0.207. The number of hydrogen-bond donors (Lipinski definition) is 1. The summed E-state index contributed by atoms with van der Waals surface area (Å²) in [6.07, 6.45) is 6.59. The summed E-state index contributed by atoms with van der Waals surface area (Å²) < 4.78 is 2.55. The number of carbonyl (C=O) groups is 1. The Morgan fingerprint density at radius 3 is 3.00 bits per heavy atom. The van der Waals surface area contributed by atoms with Crippen molar-refractivity contribution in [2.45, 2.75) is 0 Å². The second-order valence-corrected chi connectivity index (χ2v) is 4.84. The molecule has 3 heterocycles. The molecule has 19 heavy (non-hydrogen) atoms. The molecular weight excluding hydrogens is 308 g/mol. The third kappa shape index (κ3) is 2.34. The van der Waals surface area contributed by atoms with E-state index in [1.165, 1.54) is 0 Å². The predicted octanol–water partition coefficient (Wildman–Crippen LogP) is 2.74. The molecule has 0 unspecified atom stereocenters. The summed E-state index contributed by atoms with van der Waals surface area (Å²) in [6.45, 7) is 0. The van der Waals surface area contributed by atoms with Crippen LogP contribution in [0.5, 0.6) is 0 Å². The Morgan fingerprint density at radius 2 is 2.21 bits per heavy atom. The molecule has 1 N–H and O–H groups in total. The number of nitrogens with one attached hydrogen (secondary N) is 1.